The molecule has 4 rings (SSSR count). The number of thiophene rings is 1. The molecule has 1 amide bonds. The average Bonchev–Trinajstić information content (AvgIpc) is 3.17. The summed E-state index contributed by atoms with van der Waals surface area (Å²) in [5, 5.41) is 13.9. The SMILES string of the molecule is Cc1c(C(=O)N(CCO)Cc2ccccc2)sc2ncnc(NCCN3CCCCC3)c12. The molecule has 1 saturated heterocycles. The minimum atomic E-state index is -0.0809. The molecule has 0 bridgehead atoms. The number of aliphatic hydroxyl groups is 1. The standard InChI is InChI=1S/C24H31N5O2S/c1-18-20-22(25-10-13-28-11-6-3-7-12-28)26-17-27-23(20)32-21(18)24(31)29(14-15-30)16-19-8-4-2-5-9-19/h2,4-5,8-9,17,30H,3,6-7,10-16H2,1H3,(H,25,26,27). The van der Waals surface area contributed by atoms with Gasteiger partial charge in [-0.05, 0) is 44.0 Å². The molecule has 2 N–H and O–H groups in total. The summed E-state index contributed by atoms with van der Waals surface area (Å²) in [4.78, 5) is 28.0. The van der Waals surface area contributed by atoms with Crippen molar-refractivity contribution in [1.29, 1.82) is 0 Å². The molecule has 0 saturated carbocycles. The summed E-state index contributed by atoms with van der Waals surface area (Å²) in [6.07, 6.45) is 5.45. The van der Waals surface area contributed by atoms with Crippen LogP contribution in [0.25, 0.3) is 10.2 Å². The van der Waals surface area contributed by atoms with Crippen molar-refractivity contribution in [1.82, 2.24) is 19.8 Å². The number of nitrogens with one attached hydrogen (secondary N) is 1. The van der Waals surface area contributed by atoms with Crippen molar-refractivity contribution >= 4 is 33.3 Å². The fraction of sp³-hybridized carbons (Fsp3) is 0.458. The van der Waals surface area contributed by atoms with Crippen LogP contribution in [0.5, 0.6) is 0 Å². The molecule has 3 heterocycles. The van der Waals surface area contributed by atoms with E-state index in [1.807, 2.05) is 37.3 Å². The number of benzene rings is 1. The van der Waals surface area contributed by atoms with Gasteiger partial charge in [-0.15, -0.1) is 11.3 Å². The number of fused-ring (bicyclic) bond motifs is 1. The van der Waals surface area contributed by atoms with E-state index >= 15 is 0 Å². The number of likely N-dealkylation sites (tertiary alicyclic amines) is 1. The smallest absolute Gasteiger partial charge is 0.264 e. The van der Waals surface area contributed by atoms with E-state index in [0.29, 0.717) is 11.4 Å². The van der Waals surface area contributed by atoms with Gasteiger partial charge >= 0.3 is 0 Å². The van der Waals surface area contributed by atoms with Crippen molar-refractivity contribution in [3.8, 4) is 0 Å². The fourth-order valence-electron chi connectivity index (χ4n) is 4.25. The zero-order valence-electron chi connectivity index (χ0n) is 18.6. The number of aryl methyl sites for hydroxylation is 1. The molecule has 0 aliphatic carbocycles. The maximum atomic E-state index is 13.4. The van der Waals surface area contributed by atoms with Gasteiger partial charge in [-0.25, -0.2) is 9.97 Å². The summed E-state index contributed by atoms with van der Waals surface area (Å²) in [5.74, 6) is 0.708. The topological polar surface area (TPSA) is 81.6 Å². The Labute approximate surface area is 193 Å². The van der Waals surface area contributed by atoms with Crippen molar-refractivity contribution in [2.75, 3.05) is 44.6 Å². The van der Waals surface area contributed by atoms with Gasteiger partial charge in [-0.3, -0.25) is 4.79 Å². The van der Waals surface area contributed by atoms with Gasteiger partial charge in [-0.2, -0.15) is 0 Å². The summed E-state index contributed by atoms with van der Waals surface area (Å²) in [6.45, 7) is 6.76. The molecule has 1 aliphatic heterocycles. The third-order valence-corrected chi connectivity index (χ3v) is 7.15. The van der Waals surface area contributed by atoms with Crippen LogP contribution >= 0.6 is 11.3 Å². The van der Waals surface area contributed by atoms with Gasteiger partial charge in [-0.1, -0.05) is 36.8 Å². The number of anilines is 1. The number of amides is 1. The second-order valence-corrected chi connectivity index (χ2v) is 9.22. The summed E-state index contributed by atoms with van der Waals surface area (Å²) < 4.78 is 0. The number of carbonyl (C=O) groups excluding carboxylic acids is 1. The molecule has 3 aromatic rings. The van der Waals surface area contributed by atoms with Crippen molar-refractivity contribution < 1.29 is 9.90 Å². The lowest BCUT2D eigenvalue weighted by atomic mass is 10.1. The van der Waals surface area contributed by atoms with Crippen molar-refractivity contribution in [3.05, 3.63) is 52.7 Å². The summed E-state index contributed by atoms with van der Waals surface area (Å²) in [5.41, 5.74) is 1.93. The Balaban J connectivity index is 1.52. The Morgan fingerprint density at radius 1 is 1.19 bits per heavy atom. The molecule has 0 atom stereocenters. The van der Waals surface area contributed by atoms with E-state index in [4.69, 9.17) is 0 Å². The van der Waals surface area contributed by atoms with Gasteiger partial charge in [0.15, 0.2) is 0 Å². The predicted molar refractivity (Wildman–Crippen MR) is 129 cm³/mol. The van der Waals surface area contributed by atoms with Gasteiger partial charge in [0.1, 0.15) is 17.0 Å². The number of rotatable bonds is 9. The Morgan fingerprint density at radius 3 is 2.72 bits per heavy atom. The normalized spacial score (nSPS) is 14.6. The van der Waals surface area contributed by atoms with Crippen LogP contribution in [-0.4, -0.2) is 70.1 Å². The first-order chi connectivity index (χ1) is 15.7. The van der Waals surface area contributed by atoms with E-state index < -0.39 is 0 Å². The van der Waals surface area contributed by atoms with E-state index in [1.165, 1.54) is 43.7 Å². The monoisotopic (exact) mass is 453 g/mol. The minimum Gasteiger partial charge on any atom is -0.395 e. The largest absolute Gasteiger partial charge is 0.395 e. The van der Waals surface area contributed by atoms with Crippen LogP contribution in [0.1, 0.15) is 40.1 Å². The number of piperidine rings is 1. The first-order valence-corrected chi connectivity index (χ1v) is 12.1. The van der Waals surface area contributed by atoms with E-state index in [0.717, 1.165) is 40.3 Å². The van der Waals surface area contributed by atoms with Gasteiger partial charge < -0.3 is 20.2 Å². The third-order valence-electron chi connectivity index (χ3n) is 5.96. The number of carbonyl (C=O) groups is 1. The summed E-state index contributed by atoms with van der Waals surface area (Å²) >= 11 is 1.40. The van der Waals surface area contributed by atoms with Gasteiger partial charge in [0, 0.05) is 26.2 Å². The van der Waals surface area contributed by atoms with E-state index in [1.54, 1.807) is 11.2 Å². The molecule has 0 unspecified atom stereocenters. The summed E-state index contributed by atoms with van der Waals surface area (Å²) in [7, 11) is 0. The lowest BCUT2D eigenvalue weighted by molar-refractivity contribution is 0.0712. The summed E-state index contributed by atoms with van der Waals surface area (Å²) in [6, 6.07) is 9.85. The highest BCUT2D eigenvalue weighted by molar-refractivity contribution is 7.20. The van der Waals surface area contributed by atoms with Crippen LogP contribution in [0.4, 0.5) is 5.82 Å². The molecule has 7 nitrogen and oxygen atoms in total. The Kier molecular flexibility index (Phi) is 7.68. The van der Waals surface area contributed by atoms with Crippen molar-refractivity contribution in [3.63, 3.8) is 0 Å². The molecule has 0 spiro atoms. The molecular weight excluding hydrogens is 422 g/mol. The molecule has 1 fully saturated rings. The highest BCUT2D eigenvalue weighted by atomic mass is 32.1. The minimum absolute atomic E-state index is 0.0778. The van der Waals surface area contributed by atoms with Gasteiger partial charge in [0.05, 0.1) is 16.9 Å². The molecule has 170 valence electrons. The average molecular weight is 454 g/mol. The van der Waals surface area contributed by atoms with Crippen LogP contribution in [0.3, 0.4) is 0 Å². The Morgan fingerprint density at radius 2 is 1.97 bits per heavy atom. The maximum Gasteiger partial charge on any atom is 0.264 e. The number of hydrogen-bond acceptors (Lipinski definition) is 7. The molecule has 2 aromatic heterocycles. The van der Waals surface area contributed by atoms with Crippen molar-refractivity contribution in [2.24, 2.45) is 0 Å². The van der Waals surface area contributed by atoms with Crippen LogP contribution in [0.15, 0.2) is 36.7 Å². The molecule has 1 aromatic carbocycles. The van der Waals surface area contributed by atoms with Gasteiger partial charge in [0.2, 0.25) is 0 Å². The lowest BCUT2D eigenvalue weighted by Gasteiger charge is -2.26. The maximum absolute atomic E-state index is 13.4. The third kappa shape index (κ3) is 5.26. The number of aromatic nitrogens is 2. The first kappa shape index (κ1) is 22.6. The van der Waals surface area contributed by atoms with Gasteiger partial charge in [0.25, 0.3) is 5.91 Å². The lowest BCUT2D eigenvalue weighted by Crippen LogP contribution is -2.33. The quantitative estimate of drug-likeness (QED) is 0.516. The highest BCUT2D eigenvalue weighted by Crippen LogP contribution is 2.34. The fourth-order valence-corrected chi connectivity index (χ4v) is 5.36. The first-order valence-electron chi connectivity index (χ1n) is 11.3. The zero-order valence-corrected chi connectivity index (χ0v) is 19.4. The zero-order chi connectivity index (χ0) is 22.3. The second kappa shape index (κ2) is 10.8. The van der Waals surface area contributed by atoms with Crippen LogP contribution in [0, 0.1) is 6.92 Å². The van der Waals surface area contributed by atoms with Crippen molar-refractivity contribution in [2.45, 2.75) is 32.7 Å². The van der Waals surface area contributed by atoms with E-state index in [9.17, 15) is 9.90 Å². The number of aliphatic hydroxyl groups excluding tert-OH is 1. The Bertz CT molecular complexity index is 1030. The molecule has 32 heavy (non-hydrogen) atoms. The molecule has 1 aliphatic rings. The highest BCUT2D eigenvalue weighted by Gasteiger charge is 2.24. The molecule has 8 heteroatoms. The van der Waals surface area contributed by atoms with E-state index in [2.05, 4.69) is 20.2 Å². The Hall–Kier alpha value is -2.55. The van der Waals surface area contributed by atoms with Crippen LogP contribution in [0.2, 0.25) is 0 Å². The van der Waals surface area contributed by atoms with Crippen LogP contribution < -0.4 is 5.32 Å². The van der Waals surface area contributed by atoms with Crippen LogP contribution in [-0.2, 0) is 6.54 Å². The number of nitrogens with zero attached hydrogens (tertiary/aromatic N) is 4. The second-order valence-electron chi connectivity index (χ2n) is 8.22. The predicted octanol–water partition coefficient (Wildman–Crippen LogP) is 3.53. The number of hydrogen-bond donors (Lipinski definition) is 2. The molecule has 0 radical (unpaired) electrons. The molecular formula is C24H31N5O2S. The van der Waals surface area contributed by atoms with E-state index in [-0.39, 0.29) is 19.1 Å².